The summed E-state index contributed by atoms with van der Waals surface area (Å²) in [6.45, 7) is 6.07. The van der Waals surface area contributed by atoms with E-state index in [1.807, 2.05) is 12.1 Å². The molecule has 0 spiro atoms. The molecule has 198 valence electrons. The lowest BCUT2D eigenvalue weighted by Gasteiger charge is -2.36. The zero-order chi connectivity index (χ0) is 26.9. The fraction of sp³-hybridized carbons (Fsp3) is 0.233. The van der Waals surface area contributed by atoms with Crippen LogP contribution in [0.4, 0.5) is 15.8 Å². The second kappa shape index (κ2) is 10.3. The Labute approximate surface area is 224 Å². The fourth-order valence-electron chi connectivity index (χ4n) is 4.86. The van der Waals surface area contributed by atoms with Crippen LogP contribution in [0.5, 0.6) is 11.5 Å². The summed E-state index contributed by atoms with van der Waals surface area (Å²) >= 11 is 0. The summed E-state index contributed by atoms with van der Waals surface area (Å²) < 4.78 is 25.6. The highest BCUT2D eigenvalue weighted by molar-refractivity contribution is 6.07. The van der Waals surface area contributed by atoms with Gasteiger partial charge in [-0.25, -0.2) is 4.39 Å². The first-order chi connectivity index (χ1) is 18.9. The first-order valence-electron chi connectivity index (χ1n) is 12.9. The van der Waals surface area contributed by atoms with Crippen molar-refractivity contribution in [1.82, 2.24) is 9.88 Å². The van der Waals surface area contributed by atoms with Crippen LogP contribution in [-0.4, -0.2) is 48.0 Å². The number of benzene rings is 3. The van der Waals surface area contributed by atoms with Crippen LogP contribution in [0, 0.1) is 11.7 Å². The third kappa shape index (κ3) is 5.39. The Morgan fingerprint density at radius 3 is 2.46 bits per heavy atom. The molecule has 0 bridgehead atoms. The SMILES string of the molecule is CC1CN(Cc2ccc3cc(C(=O)Nc4cc(NC(=O)c5ccc6c(c5)OCCO6)ccc4F)ccc3n2)C1. The van der Waals surface area contributed by atoms with E-state index in [0.29, 0.717) is 41.5 Å². The molecule has 0 aliphatic carbocycles. The van der Waals surface area contributed by atoms with Crippen molar-refractivity contribution < 1.29 is 23.5 Å². The Bertz CT molecular complexity index is 1590. The first kappa shape index (κ1) is 24.8. The lowest BCUT2D eigenvalue weighted by Crippen LogP contribution is -2.44. The molecule has 2 aliphatic heterocycles. The quantitative estimate of drug-likeness (QED) is 0.363. The van der Waals surface area contributed by atoms with Gasteiger partial charge >= 0.3 is 0 Å². The van der Waals surface area contributed by atoms with E-state index in [4.69, 9.17) is 14.5 Å². The number of ether oxygens (including phenoxy) is 2. The number of likely N-dealkylation sites (tertiary alicyclic amines) is 1. The highest BCUT2D eigenvalue weighted by Crippen LogP contribution is 2.31. The molecular weight excluding hydrogens is 499 g/mol. The van der Waals surface area contributed by atoms with Gasteiger partial charge in [0.25, 0.3) is 11.8 Å². The molecule has 4 aromatic rings. The van der Waals surface area contributed by atoms with Crippen LogP contribution in [0.2, 0.25) is 0 Å². The normalized spacial score (nSPS) is 15.0. The van der Waals surface area contributed by atoms with Crippen LogP contribution in [0.25, 0.3) is 10.9 Å². The molecule has 8 nitrogen and oxygen atoms in total. The highest BCUT2D eigenvalue weighted by atomic mass is 19.1. The molecule has 39 heavy (non-hydrogen) atoms. The molecule has 1 saturated heterocycles. The molecule has 0 radical (unpaired) electrons. The van der Waals surface area contributed by atoms with Crippen LogP contribution >= 0.6 is 0 Å². The van der Waals surface area contributed by atoms with E-state index < -0.39 is 17.6 Å². The Balaban J connectivity index is 1.14. The van der Waals surface area contributed by atoms with E-state index in [9.17, 15) is 14.0 Å². The second-order valence-electron chi connectivity index (χ2n) is 9.97. The number of nitrogens with one attached hydrogen (secondary N) is 2. The van der Waals surface area contributed by atoms with Gasteiger partial charge in [-0.1, -0.05) is 13.0 Å². The van der Waals surface area contributed by atoms with Gasteiger partial charge in [-0.15, -0.1) is 0 Å². The van der Waals surface area contributed by atoms with Crippen molar-refractivity contribution >= 4 is 34.1 Å². The largest absolute Gasteiger partial charge is 0.486 e. The fourth-order valence-corrected chi connectivity index (χ4v) is 4.86. The molecule has 0 saturated carbocycles. The summed E-state index contributed by atoms with van der Waals surface area (Å²) in [6.07, 6.45) is 0. The van der Waals surface area contributed by atoms with Crippen LogP contribution in [0.1, 0.15) is 33.3 Å². The average molecular weight is 527 g/mol. The maximum atomic E-state index is 14.6. The lowest BCUT2D eigenvalue weighted by molar-refractivity contribution is 0.101. The molecule has 1 fully saturated rings. The topological polar surface area (TPSA) is 92.8 Å². The lowest BCUT2D eigenvalue weighted by atomic mass is 10.0. The number of carbonyl (C=O) groups excluding carboxylic acids is 2. The van der Waals surface area contributed by atoms with E-state index in [2.05, 4.69) is 22.5 Å². The summed E-state index contributed by atoms with van der Waals surface area (Å²) in [5.74, 6) is 0.316. The van der Waals surface area contributed by atoms with Crippen molar-refractivity contribution in [3.63, 3.8) is 0 Å². The molecule has 1 aromatic heterocycles. The summed E-state index contributed by atoms with van der Waals surface area (Å²) in [7, 11) is 0. The predicted molar refractivity (Wildman–Crippen MR) is 146 cm³/mol. The minimum atomic E-state index is -0.618. The maximum Gasteiger partial charge on any atom is 0.255 e. The number of pyridine rings is 1. The minimum Gasteiger partial charge on any atom is -0.486 e. The van der Waals surface area contributed by atoms with Crippen molar-refractivity contribution in [3.8, 4) is 11.5 Å². The van der Waals surface area contributed by atoms with Crippen LogP contribution < -0.4 is 20.1 Å². The molecule has 2 amide bonds. The maximum absolute atomic E-state index is 14.6. The molecule has 6 rings (SSSR count). The van der Waals surface area contributed by atoms with Crippen LogP contribution in [0.3, 0.4) is 0 Å². The average Bonchev–Trinajstić information content (AvgIpc) is 2.93. The molecule has 9 heteroatoms. The van der Waals surface area contributed by atoms with Gasteiger partial charge in [0, 0.05) is 41.8 Å². The van der Waals surface area contributed by atoms with Crippen molar-refractivity contribution in [2.45, 2.75) is 13.5 Å². The number of amides is 2. The van der Waals surface area contributed by atoms with Crippen LogP contribution in [0.15, 0.2) is 66.7 Å². The molecule has 0 unspecified atom stereocenters. The summed E-state index contributed by atoms with van der Waals surface area (Å²) in [6, 6.07) is 18.0. The summed E-state index contributed by atoms with van der Waals surface area (Å²) in [5.41, 5.74) is 2.81. The third-order valence-electron chi connectivity index (χ3n) is 6.81. The Hall–Kier alpha value is -4.50. The first-order valence-corrected chi connectivity index (χ1v) is 12.9. The van der Waals surface area contributed by atoms with Gasteiger partial charge in [0.05, 0.1) is 16.9 Å². The number of hydrogen-bond donors (Lipinski definition) is 2. The van der Waals surface area contributed by atoms with Gasteiger partial charge in [-0.3, -0.25) is 19.5 Å². The molecular formula is C30H27FN4O4. The number of fused-ring (bicyclic) bond motifs is 2. The van der Waals surface area contributed by atoms with E-state index in [1.165, 1.54) is 18.2 Å². The third-order valence-corrected chi connectivity index (χ3v) is 6.81. The zero-order valence-electron chi connectivity index (χ0n) is 21.4. The van der Waals surface area contributed by atoms with Gasteiger partial charge in [-0.2, -0.15) is 0 Å². The smallest absolute Gasteiger partial charge is 0.255 e. The zero-order valence-corrected chi connectivity index (χ0v) is 21.4. The predicted octanol–water partition coefficient (Wildman–Crippen LogP) is 5.10. The van der Waals surface area contributed by atoms with Gasteiger partial charge in [0.1, 0.15) is 19.0 Å². The minimum absolute atomic E-state index is 0.0441. The van der Waals surface area contributed by atoms with Gasteiger partial charge in [0.2, 0.25) is 0 Å². The monoisotopic (exact) mass is 526 g/mol. The number of aromatic nitrogens is 1. The van der Waals surface area contributed by atoms with Crippen molar-refractivity contribution in [1.29, 1.82) is 0 Å². The number of rotatable bonds is 6. The van der Waals surface area contributed by atoms with Crippen LogP contribution in [-0.2, 0) is 6.54 Å². The number of hydrogen-bond acceptors (Lipinski definition) is 6. The molecule has 3 heterocycles. The van der Waals surface area contributed by atoms with Crippen molar-refractivity contribution in [3.05, 3.63) is 89.4 Å². The number of anilines is 2. The van der Waals surface area contributed by atoms with E-state index in [1.54, 1.807) is 36.4 Å². The molecule has 2 aliphatic rings. The van der Waals surface area contributed by atoms with Gasteiger partial charge in [-0.05, 0) is 66.6 Å². The van der Waals surface area contributed by atoms with Gasteiger partial charge < -0.3 is 20.1 Å². The summed E-state index contributed by atoms with van der Waals surface area (Å²) in [5, 5.41) is 6.17. The number of nitrogens with zero attached hydrogens (tertiary/aromatic N) is 2. The number of carbonyl (C=O) groups is 2. The Morgan fingerprint density at radius 1 is 0.897 bits per heavy atom. The Kier molecular flexibility index (Phi) is 6.58. The molecule has 2 N–H and O–H groups in total. The highest BCUT2D eigenvalue weighted by Gasteiger charge is 2.22. The van der Waals surface area contributed by atoms with Crippen molar-refractivity contribution in [2.24, 2.45) is 5.92 Å². The number of halogens is 1. The van der Waals surface area contributed by atoms with E-state index in [0.717, 1.165) is 42.1 Å². The Morgan fingerprint density at radius 2 is 1.64 bits per heavy atom. The molecule has 3 aromatic carbocycles. The second-order valence-corrected chi connectivity index (χ2v) is 9.97. The van der Waals surface area contributed by atoms with E-state index in [-0.39, 0.29) is 5.69 Å². The standard InChI is InChI=1S/C30H27FN4O4/c1-18-15-35(16-18)17-23-5-2-19-12-20(3-8-25(19)32-23)30(37)34-26-14-22(6-7-24(26)31)33-29(36)21-4-9-27-28(13-21)39-11-10-38-27/h2-9,12-14,18H,10-11,15-17H2,1H3,(H,33,36)(H,34,37). The van der Waals surface area contributed by atoms with Gasteiger partial charge in [0.15, 0.2) is 11.5 Å². The van der Waals surface area contributed by atoms with Crippen molar-refractivity contribution in [2.75, 3.05) is 36.9 Å². The molecule has 0 atom stereocenters. The summed E-state index contributed by atoms with van der Waals surface area (Å²) in [4.78, 5) is 32.8. The van der Waals surface area contributed by atoms with E-state index >= 15 is 0 Å².